The lowest BCUT2D eigenvalue weighted by Gasteiger charge is -2.32. The lowest BCUT2D eigenvalue weighted by Crippen LogP contribution is -2.50. The van der Waals surface area contributed by atoms with Crippen LogP contribution in [0.5, 0.6) is 0 Å². The number of anilines is 1. The van der Waals surface area contributed by atoms with E-state index in [1.165, 1.54) is 11.3 Å². The second-order valence-electron chi connectivity index (χ2n) is 7.24. The number of benzene rings is 1. The van der Waals surface area contributed by atoms with Crippen LogP contribution in [0.1, 0.15) is 39.5 Å². The fraction of sp³-hybridized carbons (Fsp3) is 0.579. The summed E-state index contributed by atoms with van der Waals surface area (Å²) in [7, 11) is 1.59. The second kappa shape index (κ2) is 9.21. The third kappa shape index (κ3) is 5.45. The zero-order valence-electron chi connectivity index (χ0n) is 15.8. The van der Waals surface area contributed by atoms with Gasteiger partial charge in [-0.2, -0.15) is 0 Å². The zero-order valence-corrected chi connectivity index (χ0v) is 15.8. The molecule has 27 heavy (non-hydrogen) atoms. The summed E-state index contributed by atoms with van der Waals surface area (Å²) >= 11 is 0. The van der Waals surface area contributed by atoms with Crippen molar-refractivity contribution in [3.8, 4) is 0 Å². The molecule has 8 heteroatoms. The largest absolute Gasteiger partial charge is 0.352 e. The molecule has 0 unspecified atom stereocenters. The summed E-state index contributed by atoms with van der Waals surface area (Å²) in [4.78, 5) is 26.0. The van der Waals surface area contributed by atoms with Gasteiger partial charge < -0.3 is 10.6 Å². The molecule has 150 valence electrons. The van der Waals surface area contributed by atoms with Crippen molar-refractivity contribution in [2.45, 2.75) is 51.6 Å². The number of carbonyl (C=O) groups is 2. The van der Waals surface area contributed by atoms with Crippen LogP contribution in [0.25, 0.3) is 0 Å². The summed E-state index contributed by atoms with van der Waals surface area (Å²) in [5.74, 6) is -4.82. The molecular weight excluding hydrogens is 359 g/mol. The maximum absolute atomic E-state index is 13.6. The van der Waals surface area contributed by atoms with E-state index >= 15 is 0 Å². The molecule has 1 aliphatic carbocycles. The maximum atomic E-state index is 13.6. The number of hydrogen-bond acceptors (Lipinski definition) is 3. The molecule has 0 radical (unpaired) electrons. The molecule has 0 spiro atoms. The molecule has 1 fully saturated rings. The minimum atomic E-state index is -1.64. The van der Waals surface area contributed by atoms with Crippen molar-refractivity contribution < 1.29 is 22.8 Å². The Balaban J connectivity index is 1.89. The number of likely N-dealkylation sites (N-methyl/N-ethyl adjacent to an activating group) is 1. The Morgan fingerprint density at radius 1 is 1.19 bits per heavy atom. The molecule has 0 heterocycles. The molecular formula is C19H26F3N3O2. The summed E-state index contributed by atoms with van der Waals surface area (Å²) in [6.45, 7) is 3.59. The van der Waals surface area contributed by atoms with Crippen LogP contribution in [0.2, 0.25) is 0 Å². The summed E-state index contributed by atoms with van der Waals surface area (Å²) < 4.78 is 39.8. The SMILES string of the molecule is C[C@H](C(=O)N[C@@H]1CCCC[C@@H]1C)N(C)CC(=O)Nc1ccc(F)c(F)c1F. The first-order chi connectivity index (χ1) is 12.7. The lowest BCUT2D eigenvalue weighted by atomic mass is 9.86. The van der Waals surface area contributed by atoms with Gasteiger partial charge in [-0.3, -0.25) is 14.5 Å². The predicted octanol–water partition coefficient (Wildman–Crippen LogP) is 3.06. The molecule has 1 aliphatic rings. The molecule has 2 N–H and O–H groups in total. The van der Waals surface area contributed by atoms with Crippen LogP contribution in [-0.4, -0.2) is 42.4 Å². The first kappa shape index (κ1) is 21.2. The van der Waals surface area contributed by atoms with Crippen molar-refractivity contribution in [2.75, 3.05) is 18.9 Å². The highest BCUT2D eigenvalue weighted by atomic mass is 19.2. The van der Waals surface area contributed by atoms with Gasteiger partial charge in [-0.1, -0.05) is 19.8 Å². The summed E-state index contributed by atoms with van der Waals surface area (Å²) in [6.07, 6.45) is 4.28. The Bertz CT molecular complexity index is 699. The number of nitrogens with zero attached hydrogens (tertiary/aromatic N) is 1. The predicted molar refractivity (Wildman–Crippen MR) is 96.6 cm³/mol. The van der Waals surface area contributed by atoms with Gasteiger partial charge in [0.05, 0.1) is 18.3 Å². The van der Waals surface area contributed by atoms with Crippen LogP contribution in [0.3, 0.4) is 0 Å². The quantitative estimate of drug-likeness (QED) is 0.740. The molecule has 0 bridgehead atoms. The Labute approximate surface area is 157 Å². The van der Waals surface area contributed by atoms with Crippen molar-refractivity contribution >= 4 is 17.5 Å². The Kier molecular flexibility index (Phi) is 7.24. The van der Waals surface area contributed by atoms with Gasteiger partial charge in [0.15, 0.2) is 17.5 Å². The first-order valence-electron chi connectivity index (χ1n) is 9.14. The lowest BCUT2D eigenvalue weighted by molar-refractivity contribution is -0.127. The van der Waals surface area contributed by atoms with Gasteiger partial charge in [0.1, 0.15) is 0 Å². The normalized spacial score (nSPS) is 21.0. The van der Waals surface area contributed by atoms with Gasteiger partial charge >= 0.3 is 0 Å². The van der Waals surface area contributed by atoms with E-state index in [2.05, 4.69) is 17.6 Å². The monoisotopic (exact) mass is 385 g/mol. The molecule has 1 saturated carbocycles. The van der Waals surface area contributed by atoms with Crippen LogP contribution in [0, 0.1) is 23.4 Å². The van der Waals surface area contributed by atoms with E-state index in [0.717, 1.165) is 31.4 Å². The maximum Gasteiger partial charge on any atom is 0.238 e. The van der Waals surface area contributed by atoms with Gasteiger partial charge in [-0.15, -0.1) is 0 Å². The molecule has 1 aromatic rings. The third-order valence-electron chi connectivity index (χ3n) is 5.18. The Morgan fingerprint density at radius 3 is 2.52 bits per heavy atom. The van der Waals surface area contributed by atoms with E-state index in [4.69, 9.17) is 0 Å². The fourth-order valence-electron chi connectivity index (χ4n) is 3.21. The van der Waals surface area contributed by atoms with E-state index in [9.17, 15) is 22.8 Å². The van der Waals surface area contributed by atoms with Gasteiger partial charge in [0, 0.05) is 6.04 Å². The standard InChI is InChI=1S/C19H26F3N3O2/c1-11-6-4-5-7-14(11)24-19(27)12(2)25(3)10-16(26)23-15-9-8-13(20)17(21)18(15)22/h8-9,11-12,14H,4-7,10H2,1-3H3,(H,23,26)(H,24,27)/t11-,12+,14+/m0/s1. The number of hydrogen-bond donors (Lipinski definition) is 2. The molecule has 0 aliphatic heterocycles. The van der Waals surface area contributed by atoms with Gasteiger partial charge in [0.25, 0.3) is 0 Å². The minimum Gasteiger partial charge on any atom is -0.352 e. The molecule has 3 atom stereocenters. The van der Waals surface area contributed by atoms with E-state index in [0.29, 0.717) is 5.92 Å². The first-order valence-corrected chi connectivity index (χ1v) is 9.14. The highest BCUT2D eigenvalue weighted by Gasteiger charge is 2.27. The van der Waals surface area contributed by atoms with Crippen LogP contribution < -0.4 is 10.6 Å². The smallest absolute Gasteiger partial charge is 0.238 e. The summed E-state index contributed by atoms with van der Waals surface area (Å²) in [5.41, 5.74) is -0.444. The Hall–Kier alpha value is -2.09. The van der Waals surface area contributed by atoms with Crippen molar-refractivity contribution in [3.05, 3.63) is 29.6 Å². The topological polar surface area (TPSA) is 61.4 Å². The fourth-order valence-corrected chi connectivity index (χ4v) is 3.21. The number of nitrogens with one attached hydrogen (secondary N) is 2. The third-order valence-corrected chi connectivity index (χ3v) is 5.18. The van der Waals surface area contributed by atoms with Crippen molar-refractivity contribution in [3.63, 3.8) is 0 Å². The number of rotatable bonds is 6. The van der Waals surface area contributed by atoms with Crippen molar-refractivity contribution in [1.29, 1.82) is 0 Å². The summed E-state index contributed by atoms with van der Waals surface area (Å²) in [6, 6.07) is 1.25. The highest BCUT2D eigenvalue weighted by Crippen LogP contribution is 2.24. The molecule has 1 aromatic carbocycles. The Morgan fingerprint density at radius 2 is 1.85 bits per heavy atom. The van der Waals surface area contributed by atoms with Crippen LogP contribution >= 0.6 is 0 Å². The molecule has 0 aromatic heterocycles. The number of carbonyl (C=O) groups excluding carboxylic acids is 2. The van der Waals surface area contributed by atoms with Crippen LogP contribution in [0.4, 0.5) is 18.9 Å². The molecule has 5 nitrogen and oxygen atoms in total. The zero-order chi connectivity index (χ0) is 20.1. The van der Waals surface area contributed by atoms with Gasteiger partial charge in [-0.25, -0.2) is 13.2 Å². The van der Waals surface area contributed by atoms with Gasteiger partial charge in [-0.05, 0) is 44.9 Å². The molecule has 0 saturated heterocycles. The van der Waals surface area contributed by atoms with E-state index < -0.39 is 35.1 Å². The minimum absolute atomic E-state index is 0.132. The van der Waals surface area contributed by atoms with E-state index in [1.54, 1.807) is 14.0 Å². The average molecular weight is 385 g/mol. The van der Waals surface area contributed by atoms with Crippen molar-refractivity contribution in [2.24, 2.45) is 5.92 Å². The van der Waals surface area contributed by atoms with Crippen molar-refractivity contribution in [1.82, 2.24) is 10.2 Å². The van der Waals surface area contributed by atoms with Crippen LogP contribution in [0.15, 0.2) is 12.1 Å². The van der Waals surface area contributed by atoms with E-state index in [1.807, 2.05) is 0 Å². The number of amides is 2. The van der Waals surface area contributed by atoms with E-state index in [-0.39, 0.29) is 18.5 Å². The molecule has 2 amide bonds. The van der Waals surface area contributed by atoms with Crippen LogP contribution in [-0.2, 0) is 9.59 Å². The number of halogens is 3. The highest BCUT2D eigenvalue weighted by molar-refractivity contribution is 5.93. The molecule has 2 rings (SSSR count). The average Bonchev–Trinajstić information content (AvgIpc) is 2.63. The van der Waals surface area contributed by atoms with Gasteiger partial charge in [0.2, 0.25) is 11.8 Å². The summed E-state index contributed by atoms with van der Waals surface area (Å²) in [5, 5.41) is 5.23. The second-order valence-corrected chi connectivity index (χ2v) is 7.24.